The monoisotopic (exact) mass is 268 g/mol. The lowest BCUT2D eigenvalue weighted by molar-refractivity contribution is 0.628. The maximum atomic E-state index is 14.2. The van der Waals surface area contributed by atoms with Gasteiger partial charge in [0.15, 0.2) is 5.65 Å². The summed E-state index contributed by atoms with van der Waals surface area (Å²) in [7, 11) is 0. The molecule has 1 aliphatic carbocycles. The molecule has 2 aromatic heterocycles. The van der Waals surface area contributed by atoms with E-state index in [0.717, 1.165) is 24.0 Å². The first kappa shape index (κ1) is 11.4. The van der Waals surface area contributed by atoms with Crippen LogP contribution in [0.1, 0.15) is 18.9 Å². The summed E-state index contributed by atoms with van der Waals surface area (Å²) in [5, 5.41) is 0. The largest absolute Gasteiger partial charge is 0.399 e. The molecule has 0 unspecified atom stereocenters. The van der Waals surface area contributed by atoms with Gasteiger partial charge in [0, 0.05) is 17.9 Å². The molecule has 0 amide bonds. The molecule has 4 rings (SSSR count). The Morgan fingerprint density at radius 2 is 2.10 bits per heavy atom. The number of nitrogens with zero attached hydrogens (tertiary/aromatic N) is 3. The van der Waals surface area contributed by atoms with Gasteiger partial charge in [-0.3, -0.25) is 0 Å². The Kier molecular flexibility index (Phi) is 2.30. The fraction of sp³-hybridized carbons (Fsp3) is 0.200. The van der Waals surface area contributed by atoms with E-state index < -0.39 is 0 Å². The molecule has 0 aliphatic heterocycles. The van der Waals surface area contributed by atoms with Crippen LogP contribution in [0, 0.1) is 5.82 Å². The van der Waals surface area contributed by atoms with Crippen LogP contribution in [0.3, 0.4) is 0 Å². The summed E-state index contributed by atoms with van der Waals surface area (Å²) < 4.78 is 16.2. The lowest BCUT2D eigenvalue weighted by Gasteiger charge is -2.08. The highest BCUT2D eigenvalue weighted by atomic mass is 19.1. The molecular weight excluding hydrogens is 255 g/mol. The number of nitrogen functional groups attached to an aromatic ring is 1. The Bertz CT molecular complexity index is 805. The van der Waals surface area contributed by atoms with Crippen molar-refractivity contribution in [1.82, 2.24) is 14.5 Å². The summed E-state index contributed by atoms with van der Waals surface area (Å²) in [5.41, 5.74) is 8.12. The van der Waals surface area contributed by atoms with E-state index in [0.29, 0.717) is 23.1 Å². The number of hydrogen-bond donors (Lipinski definition) is 1. The van der Waals surface area contributed by atoms with Gasteiger partial charge in [-0.1, -0.05) is 0 Å². The van der Waals surface area contributed by atoms with Crippen molar-refractivity contribution < 1.29 is 4.39 Å². The molecule has 1 saturated carbocycles. The van der Waals surface area contributed by atoms with Crippen molar-refractivity contribution in [2.75, 3.05) is 5.73 Å². The quantitative estimate of drug-likeness (QED) is 0.726. The summed E-state index contributed by atoms with van der Waals surface area (Å²) in [6.07, 6.45) is 3.92. The molecule has 0 atom stereocenters. The Labute approximate surface area is 115 Å². The third-order valence-electron chi connectivity index (χ3n) is 3.59. The average molecular weight is 268 g/mol. The summed E-state index contributed by atoms with van der Waals surface area (Å²) in [6.45, 7) is 0. The molecule has 1 fully saturated rings. The Morgan fingerprint density at radius 3 is 2.85 bits per heavy atom. The number of pyridine rings is 1. The minimum absolute atomic E-state index is 0.345. The number of rotatable bonds is 2. The zero-order valence-corrected chi connectivity index (χ0v) is 10.8. The van der Waals surface area contributed by atoms with Crippen molar-refractivity contribution in [1.29, 1.82) is 0 Å². The molecule has 0 saturated heterocycles. The second kappa shape index (κ2) is 4.03. The van der Waals surface area contributed by atoms with Gasteiger partial charge in [-0.25, -0.2) is 14.4 Å². The maximum Gasteiger partial charge on any atom is 0.160 e. The molecular formula is C15H13FN4. The van der Waals surface area contributed by atoms with E-state index in [1.807, 2.05) is 16.7 Å². The minimum atomic E-state index is -0.345. The molecule has 0 spiro atoms. The number of aromatic nitrogens is 3. The number of halogens is 1. The predicted molar refractivity (Wildman–Crippen MR) is 75.6 cm³/mol. The third-order valence-corrected chi connectivity index (χ3v) is 3.59. The average Bonchev–Trinajstić information content (AvgIpc) is 3.19. The number of hydrogen-bond acceptors (Lipinski definition) is 3. The molecule has 4 nitrogen and oxygen atoms in total. The van der Waals surface area contributed by atoms with Gasteiger partial charge < -0.3 is 10.3 Å². The summed E-state index contributed by atoms with van der Waals surface area (Å²) >= 11 is 0. The first-order chi connectivity index (χ1) is 9.74. The summed E-state index contributed by atoms with van der Waals surface area (Å²) in [5.74, 6) is 0.293. The fourth-order valence-electron chi connectivity index (χ4n) is 2.51. The zero-order valence-electron chi connectivity index (χ0n) is 10.8. The molecule has 0 bridgehead atoms. The van der Waals surface area contributed by atoms with Crippen molar-refractivity contribution in [2.24, 2.45) is 0 Å². The first-order valence-electron chi connectivity index (χ1n) is 6.62. The van der Waals surface area contributed by atoms with Crippen LogP contribution in [0.25, 0.3) is 22.6 Å². The number of anilines is 1. The van der Waals surface area contributed by atoms with Crippen LogP contribution in [-0.4, -0.2) is 14.5 Å². The van der Waals surface area contributed by atoms with E-state index in [1.165, 1.54) is 6.07 Å². The van der Waals surface area contributed by atoms with E-state index >= 15 is 0 Å². The highest BCUT2D eigenvalue weighted by Crippen LogP contribution is 2.41. The van der Waals surface area contributed by atoms with Crippen molar-refractivity contribution in [3.63, 3.8) is 0 Å². The first-order valence-corrected chi connectivity index (χ1v) is 6.62. The second-order valence-electron chi connectivity index (χ2n) is 5.12. The lowest BCUT2D eigenvalue weighted by atomic mass is 10.2. The number of fused-ring (bicyclic) bond motifs is 1. The molecule has 20 heavy (non-hydrogen) atoms. The van der Waals surface area contributed by atoms with Gasteiger partial charge >= 0.3 is 0 Å². The standard InChI is InChI=1S/C15H13FN4/c16-12-8-9(17)3-6-11(12)14-19-13-2-1-7-18-15(13)20(14)10-4-5-10/h1-3,6-8,10H,4-5,17H2. The smallest absolute Gasteiger partial charge is 0.160 e. The fourth-order valence-corrected chi connectivity index (χ4v) is 2.51. The van der Waals surface area contributed by atoms with Crippen LogP contribution in [0.2, 0.25) is 0 Å². The van der Waals surface area contributed by atoms with Gasteiger partial charge in [0.2, 0.25) is 0 Å². The van der Waals surface area contributed by atoms with Crippen molar-refractivity contribution in [3.8, 4) is 11.4 Å². The second-order valence-corrected chi connectivity index (χ2v) is 5.12. The van der Waals surface area contributed by atoms with Crippen LogP contribution < -0.4 is 5.73 Å². The molecule has 100 valence electrons. The number of benzene rings is 1. The van der Waals surface area contributed by atoms with Crippen LogP contribution in [0.5, 0.6) is 0 Å². The van der Waals surface area contributed by atoms with Crippen LogP contribution >= 0.6 is 0 Å². The highest BCUT2D eigenvalue weighted by Gasteiger charge is 2.30. The molecule has 2 heterocycles. The van der Waals surface area contributed by atoms with Crippen LogP contribution in [0.4, 0.5) is 10.1 Å². The summed E-state index contributed by atoms with van der Waals surface area (Å²) in [6, 6.07) is 8.84. The lowest BCUT2D eigenvalue weighted by Crippen LogP contribution is -2.00. The van der Waals surface area contributed by atoms with E-state index in [4.69, 9.17) is 5.73 Å². The number of nitrogens with two attached hydrogens (primary N) is 1. The highest BCUT2D eigenvalue weighted by molar-refractivity contribution is 5.78. The van der Waals surface area contributed by atoms with Gasteiger partial charge in [-0.05, 0) is 43.2 Å². The van der Waals surface area contributed by atoms with Crippen molar-refractivity contribution in [3.05, 3.63) is 42.3 Å². The molecule has 5 heteroatoms. The molecule has 0 radical (unpaired) electrons. The van der Waals surface area contributed by atoms with Crippen LogP contribution in [0.15, 0.2) is 36.5 Å². The van der Waals surface area contributed by atoms with Gasteiger partial charge in [-0.15, -0.1) is 0 Å². The van der Waals surface area contributed by atoms with E-state index in [1.54, 1.807) is 18.3 Å². The van der Waals surface area contributed by atoms with Crippen LogP contribution in [-0.2, 0) is 0 Å². The minimum Gasteiger partial charge on any atom is -0.399 e. The Balaban J connectivity index is 2.01. The van der Waals surface area contributed by atoms with Crippen molar-refractivity contribution >= 4 is 16.9 Å². The van der Waals surface area contributed by atoms with Crippen molar-refractivity contribution in [2.45, 2.75) is 18.9 Å². The molecule has 1 aliphatic rings. The zero-order chi connectivity index (χ0) is 13.7. The third kappa shape index (κ3) is 1.66. The summed E-state index contributed by atoms with van der Waals surface area (Å²) in [4.78, 5) is 8.94. The van der Waals surface area contributed by atoms with E-state index in [-0.39, 0.29) is 5.82 Å². The predicted octanol–water partition coefficient (Wildman–Crippen LogP) is 3.15. The Hall–Kier alpha value is -2.43. The topological polar surface area (TPSA) is 56.7 Å². The molecule has 2 N–H and O–H groups in total. The van der Waals surface area contributed by atoms with Gasteiger partial charge in [0.1, 0.15) is 17.2 Å². The maximum absolute atomic E-state index is 14.2. The van der Waals surface area contributed by atoms with E-state index in [9.17, 15) is 4.39 Å². The van der Waals surface area contributed by atoms with E-state index in [2.05, 4.69) is 9.97 Å². The normalized spacial score (nSPS) is 14.8. The molecule has 3 aromatic rings. The SMILES string of the molecule is Nc1ccc(-c2nc3cccnc3n2C2CC2)c(F)c1. The Morgan fingerprint density at radius 1 is 1.25 bits per heavy atom. The van der Waals surface area contributed by atoms with Gasteiger partial charge in [0.25, 0.3) is 0 Å². The van der Waals surface area contributed by atoms with Gasteiger partial charge in [0.05, 0.1) is 5.56 Å². The van der Waals surface area contributed by atoms with Gasteiger partial charge in [-0.2, -0.15) is 0 Å². The molecule has 1 aromatic carbocycles. The number of imidazole rings is 1.